The standard InChI is InChI=1S/C28H46O5Si/c1-5-31-34(32-6-2,33-7-3)23-9-8-10-24-11-13-25(14-12-24)15-16-26-17-19-27(20-18-26)21-22-28(29)30-4/h17-22,24-25H,5-16,23H2,1-4H3/t24-,25-. The highest BCUT2D eigenvalue weighted by molar-refractivity contribution is 6.60. The molecule has 1 saturated carbocycles. The van der Waals surface area contributed by atoms with E-state index in [9.17, 15) is 4.79 Å². The molecule has 1 fully saturated rings. The van der Waals surface area contributed by atoms with Gasteiger partial charge in [0.1, 0.15) is 0 Å². The first-order valence-corrected chi connectivity index (χ1v) is 15.2. The van der Waals surface area contributed by atoms with Crippen molar-refractivity contribution in [3.05, 3.63) is 41.5 Å². The molecule has 1 aliphatic carbocycles. The van der Waals surface area contributed by atoms with E-state index in [0.29, 0.717) is 19.8 Å². The van der Waals surface area contributed by atoms with Gasteiger partial charge in [-0.25, -0.2) is 4.79 Å². The molecule has 34 heavy (non-hydrogen) atoms. The number of esters is 1. The highest BCUT2D eigenvalue weighted by atomic mass is 28.4. The number of unbranched alkanes of at least 4 members (excludes halogenated alkanes) is 1. The topological polar surface area (TPSA) is 54.0 Å². The van der Waals surface area contributed by atoms with Crippen molar-refractivity contribution in [2.45, 2.75) is 84.6 Å². The van der Waals surface area contributed by atoms with Crippen LogP contribution in [-0.4, -0.2) is 41.7 Å². The highest BCUT2D eigenvalue weighted by Gasteiger charge is 2.39. The zero-order valence-corrected chi connectivity index (χ0v) is 22.9. The molecule has 0 amide bonds. The first-order chi connectivity index (χ1) is 16.5. The largest absolute Gasteiger partial charge is 0.500 e. The van der Waals surface area contributed by atoms with E-state index in [2.05, 4.69) is 29.0 Å². The van der Waals surface area contributed by atoms with E-state index in [-0.39, 0.29) is 5.97 Å². The quantitative estimate of drug-likeness (QED) is 0.110. The van der Waals surface area contributed by atoms with Crippen molar-refractivity contribution in [2.24, 2.45) is 11.8 Å². The summed E-state index contributed by atoms with van der Waals surface area (Å²) in [6, 6.07) is 9.45. The fourth-order valence-electron chi connectivity index (χ4n) is 4.98. The molecule has 0 N–H and O–H groups in total. The average molecular weight is 491 g/mol. The predicted octanol–water partition coefficient (Wildman–Crippen LogP) is 6.83. The monoisotopic (exact) mass is 490 g/mol. The molecule has 0 aliphatic heterocycles. The summed E-state index contributed by atoms with van der Waals surface area (Å²) in [5, 5.41) is 0. The Kier molecular flexibility index (Phi) is 13.7. The summed E-state index contributed by atoms with van der Waals surface area (Å²) in [6.45, 7) is 8.06. The van der Waals surface area contributed by atoms with E-state index in [4.69, 9.17) is 13.3 Å². The van der Waals surface area contributed by atoms with Crippen LogP contribution >= 0.6 is 0 Å². The van der Waals surface area contributed by atoms with Gasteiger partial charge in [0.15, 0.2) is 0 Å². The third-order valence-corrected chi connectivity index (χ3v) is 9.99. The summed E-state index contributed by atoms with van der Waals surface area (Å²) in [4.78, 5) is 11.2. The van der Waals surface area contributed by atoms with Gasteiger partial charge < -0.3 is 18.0 Å². The lowest BCUT2D eigenvalue weighted by Gasteiger charge is -2.30. The number of hydrogen-bond donors (Lipinski definition) is 0. The minimum atomic E-state index is -2.48. The lowest BCUT2D eigenvalue weighted by molar-refractivity contribution is -0.134. The molecule has 0 radical (unpaired) electrons. The Morgan fingerprint density at radius 1 is 0.882 bits per heavy atom. The zero-order valence-electron chi connectivity index (χ0n) is 21.9. The molecule has 0 bridgehead atoms. The minimum Gasteiger partial charge on any atom is -0.466 e. The number of methoxy groups -OCH3 is 1. The molecular weight excluding hydrogens is 444 g/mol. The second-order valence-electron chi connectivity index (χ2n) is 9.25. The van der Waals surface area contributed by atoms with Crippen LogP contribution in [0.2, 0.25) is 6.04 Å². The van der Waals surface area contributed by atoms with Crippen molar-refractivity contribution < 1.29 is 22.8 Å². The molecule has 6 heteroatoms. The summed E-state index contributed by atoms with van der Waals surface area (Å²) < 4.78 is 22.6. The molecule has 2 rings (SSSR count). The van der Waals surface area contributed by atoms with Crippen LogP contribution in [0.3, 0.4) is 0 Å². The second kappa shape index (κ2) is 16.2. The van der Waals surface area contributed by atoms with Crippen molar-refractivity contribution >= 4 is 20.8 Å². The van der Waals surface area contributed by atoms with E-state index >= 15 is 0 Å². The number of hydrogen-bond acceptors (Lipinski definition) is 5. The van der Waals surface area contributed by atoms with Crippen LogP contribution in [0.4, 0.5) is 0 Å². The van der Waals surface area contributed by atoms with E-state index < -0.39 is 8.80 Å². The van der Waals surface area contributed by atoms with Gasteiger partial charge in [-0.05, 0) is 69.1 Å². The molecular formula is C28H46O5Si. The van der Waals surface area contributed by atoms with E-state index in [1.807, 2.05) is 20.8 Å². The van der Waals surface area contributed by atoms with Crippen molar-refractivity contribution in [1.29, 1.82) is 0 Å². The van der Waals surface area contributed by atoms with Gasteiger partial charge in [-0.2, -0.15) is 0 Å². The fourth-order valence-corrected chi connectivity index (χ4v) is 7.67. The van der Waals surface area contributed by atoms with Crippen molar-refractivity contribution in [2.75, 3.05) is 26.9 Å². The van der Waals surface area contributed by atoms with Gasteiger partial charge in [-0.3, -0.25) is 0 Å². The van der Waals surface area contributed by atoms with Gasteiger partial charge in [0, 0.05) is 31.9 Å². The van der Waals surface area contributed by atoms with Crippen molar-refractivity contribution in [3.8, 4) is 0 Å². The molecule has 0 aromatic heterocycles. The van der Waals surface area contributed by atoms with Gasteiger partial charge in [-0.15, -0.1) is 0 Å². The Hall–Kier alpha value is -1.47. The average Bonchev–Trinajstić information content (AvgIpc) is 2.86. The summed E-state index contributed by atoms with van der Waals surface area (Å²) in [5.74, 6) is 1.40. The second-order valence-corrected chi connectivity index (χ2v) is 12.0. The highest BCUT2D eigenvalue weighted by Crippen LogP contribution is 2.34. The van der Waals surface area contributed by atoms with Gasteiger partial charge >= 0.3 is 14.8 Å². The summed E-state index contributed by atoms with van der Waals surface area (Å²) in [5.41, 5.74) is 2.40. The smallest absolute Gasteiger partial charge is 0.466 e. The number of rotatable bonds is 16. The summed E-state index contributed by atoms with van der Waals surface area (Å²) in [6.07, 6.45) is 14.8. The molecule has 0 spiro atoms. The number of benzene rings is 1. The SMILES string of the molecule is CCO[Si](CCCC[C@H]1CC[C@H](CCc2ccc(C=CC(=O)OC)cc2)CC1)(OCC)OCC. The molecule has 0 atom stereocenters. The normalized spacial score (nSPS) is 18.9. The van der Waals surface area contributed by atoms with Crippen LogP contribution < -0.4 is 0 Å². The Morgan fingerprint density at radius 3 is 1.97 bits per heavy atom. The van der Waals surface area contributed by atoms with Crippen molar-refractivity contribution in [3.63, 3.8) is 0 Å². The van der Waals surface area contributed by atoms with E-state index in [0.717, 1.165) is 36.3 Å². The third kappa shape index (κ3) is 10.4. The first-order valence-electron chi connectivity index (χ1n) is 13.3. The third-order valence-electron chi connectivity index (χ3n) is 6.84. The molecule has 0 heterocycles. The van der Waals surface area contributed by atoms with Crippen LogP contribution in [0.1, 0.15) is 83.3 Å². The van der Waals surface area contributed by atoms with Crippen LogP contribution in [0.5, 0.6) is 0 Å². The van der Waals surface area contributed by atoms with Crippen LogP contribution in [-0.2, 0) is 29.2 Å². The predicted molar refractivity (Wildman–Crippen MR) is 141 cm³/mol. The maximum Gasteiger partial charge on any atom is 0.500 e. The van der Waals surface area contributed by atoms with Crippen LogP contribution in [0.25, 0.3) is 6.08 Å². The zero-order chi connectivity index (χ0) is 24.7. The van der Waals surface area contributed by atoms with Gasteiger partial charge in [0.05, 0.1) is 7.11 Å². The molecule has 192 valence electrons. The van der Waals surface area contributed by atoms with Gasteiger partial charge in [0.25, 0.3) is 0 Å². The Bertz CT molecular complexity index is 693. The summed E-state index contributed by atoms with van der Waals surface area (Å²) in [7, 11) is -1.08. The lowest BCUT2D eigenvalue weighted by Crippen LogP contribution is -2.45. The Balaban J connectivity index is 1.65. The number of carbonyl (C=O) groups excluding carboxylic acids is 1. The minimum absolute atomic E-state index is 0.323. The Morgan fingerprint density at radius 2 is 1.44 bits per heavy atom. The maximum absolute atomic E-state index is 11.2. The fraction of sp³-hybridized carbons (Fsp3) is 0.679. The summed E-state index contributed by atoms with van der Waals surface area (Å²) >= 11 is 0. The lowest BCUT2D eigenvalue weighted by atomic mass is 9.78. The molecule has 0 saturated heterocycles. The molecule has 1 aromatic rings. The maximum atomic E-state index is 11.2. The molecule has 1 aliphatic rings. The molecule has 5 nitrogen and oxygen atoms in total. The van der Waals surface area contributed by atoms with Crippen LogP contribution in [0, 0.1) is 11.8 Å². The van der Waals surface area contributed by atoms with Crippen LogP contribution in [0.15, 0.2) is 30.3 Å². The van der Waals surface area contributed by atoms with E-state index in [1.54, 1.807) is 6.08 Å². The Labute approximate surface area is 208 Å². The number of ether oxygens (including phenoxy) is 1. The number of carbonyl (C=O) groups is 1. The van der Waals surface area contributed by atoms with Gasteiger partial charge in [-0.1, -0.05) is 62.8 Å². The van der Waals surface area contributed by atoms with E-state index in [1.165, 1.54) is 63.7 Å². The van der Waals surface area contributed by atoms with Crippen molar-refractivity contribution in [1.82, 2.24) is 0 Å². The molecule has 1 aromatic carbocycles. The van der Waals surface area contributed by atoms with Gasteiger partial charge in [0.2, 0.25) is 0 Å². The molecule has 0 unspecified atom stereocenters. The number of aryl methyl sites for hydroxylation is 1. The first kappa shape index (κ1) is 28.8.